The lowest BCUT2D eigenvalue weighted by atomic mass is 10.0. The number of carbonyl (C=O) groups excluding carboxylic acids is 2. The normalized spacial score (nSPS) is 12.8. The molecule has 0 aliphatic carbocycles. The van der Waals surface area contributed by atoms with Crippen LogP contribution in [0.5, 0.6) is 0 Å². The van der Waals surface area contributed by atoms with Gasteiger partial charge < -0.3 is 20.3 Å². The Bertz CT molecular complexity index is 1090. The lowest BCUT2D eigenvalue weighted by Gasteiger charge is -2.20. The largest absolute Gasteiger partial charge is 0.466 e. The summed E-state index contributed by atoms with van der Waals surface area (Å²) >= 11 is 0. The molecule has 0 aliphatic heterocycles. The van der Waals surface area contributed by atoms with E-state index in [2.05, 4.69) is 43.5 Å². The number of amides is 1. The Balaban J connectivity index is 3.54. The minimum atomic E-state index is -0.860. The zero-order valence-electron chi connectivity index (χ0n) is 44.9. The van der Waals surface area contributed by atoms with Crippen molar-refractivity contribution in [3.05, 3.63) is 36.5 Å². The second-order valence-corrected chi connectivity index (χ2v) is 20.4. The van der Waals surface area contributed by atoms with Gasteiger partial charge >= 0.3 is 5.97 Å². The van der Waals surface area contributed by atoms with Crippen LogP contribution in [0.2, 0.25) is 0 Å². The van der Waals surface area contributed by atoms with Gasteiger partial charge in [0.1, 0.15) is 0 Å². The summed E-state index contributed by atoms with van der Waals surface area (Å²) in [4.78, 5) is 24.5. The first kappa shape index (κ1) is 65.1. The molecule has 6 heteroatoms. The van der Waals surface area contributed by atoms with Crippen molar-refractivity contribution in [2.75, 3.05) is 13.2 Å². The summed E-state index contributed by atoms with van der Waals surface area (Å²) in [5, 5.41) is 23.2. The van der Waals surface area contributed by atoms with E-state index in [1.807, 2.05) is 6.08 Å². The highest BCUT2D eigenvalue weighted by molar-refractivity contribution is 5.76. The Hall–Kier alpha value is -1.92. The minimum absolute atomic E-state index is 0.0204. The Morgan fingerprint density at radius 2 is 0.731 bits per heavy atom. The summed E-state index contributed by atoms with van der Waals surface area (Å²) in [7, 11) is 0. The standard InChI is InChI=1S/C61H115NO5/c1-3-5-7-9-11-13-15-17-19-20-21-22-23-24-26-29-33-37-41-45-49-53-59(64)58(57-63)62-60(65)54-50-46-42-38-34-30-27-25-28-32-36-40-44-48-52-56-67-61(66)55-51-47-43-39-35-31-18-16-14-12-10-8-6-4-2/h25,28,32,36,49,53,58-59,63-64H,3-24,26-27,29-31,33-35,37-48,50-52,54-57H2,1-2H3,(H,62,65)/b28-25-,36-32-,53-49+. The van der Waals surface area contributed by atoms with Crippen LogP contribution in [-0.4, -0.2) is 47.4 Å². The quantitative estimate of drug-likeness (QED) is 0.0244. The molecule has 67 heavy (non-hydrogen) atoms. The molecule has 0 aromatic carbocycles. The zero-order valence-corrected chi connectivity index (χ0v) is 44.9. The summed E-state index contributed by atoms with van der Waals surface area (Å²) < 4.78 is 5.45. The second-order valence-electron chi connectivity index (χ2n) is 20.4. The van der Waals surface area contributed by atoms with Crippen LogP contribution in [-0.2, 0) is 14.3 Å². The molecule has 0 radical (unpaired) electrons. The first-order valence-electron chi connectivity index (χ1n) is 29.8. The average molecular weight is 943 g/mol. The average Bonchev–Trinajstić information content (AvgIpc) is 3.33. The van der Waals surface area contributed by atoms with E-state index in [0.29, 0.717) is 19.4 Å². The third-order valence-corrected chi connectivity index (χ3v) is 13.7. The number of aliphatic hydroxyl groups is 2. The smallest absolute Gasteiger partial charge is 0.305 e. The fourth-order valence-corrected chi connectivity index (χ4v) is 9.10. The fraction of sp³-hybridized carbons (Fsp3) is 0.869. The highest BCUT2D eigenvalue weighted by Gasteiger charge is 2.18. The van der Waals surface area contributed by atoms with Gasteiger partial charge in [0, 0.05) is 12.8 Å². The molecule has 0 heterocycles. The van der Waals surface area contributed by atoms with Crippen LogP contribution in [0.1, 0.15) is 316 Å². The number of unbranched alkanes of at least 4 members (excludes halogenated alkanes) is 41. The summed E-state index contributed by atoms with van der Waals surface area (Å²) in [5.41, 5.74) is 0. The van der Waals surface area contributed by atoms with Gasteiger partial charge in [0.25, 0.3) is 0 Å². The van der Waals surface area contributed by atoms with Gasteiger partial charge in [-0.2, -0.15) is 0 Å². The Morgan fingerprint density at radius 3 is 1.10 bits per heavy atom. The molecule has 0 fully saturated rings. The molecule has 2 atom stereocenters. The first-order valence-corrected chi connectivity index (χ1v) is 29.8. The van der Waals surface area contributed by atoms with Crippen LogP contribution in [0, 0.1) is 0 Å². The van der Waals surface area contributed by atoms with Gasteiger partial charge in [0.15, 0.2) is 0 Å². The number of allylic oxidation sites excluding steroid dienone is 5. The molecule has 0 rings (SSSR count). The van der Waals surface area contributed by atoms with Crippen molar-refractivity contribution in [2.24, 2.45) is 0 Å². The third-order valence-electron chi connectivity index (χ3n) is 13.7. The maximum absolute atomic E-state index is 12.5. The third kappa shape index (κ3) is 53.3. The predicted molar refractivity (Wildman–Crippen MR) is 292 cm³/mol. The number of carbonyl (C=O) groups is 2. The van der Waals surface area contributed by atoms with Crippen LogP contribution < -0.4 is 5.32 Å². The molecule has 0 bridgehead atoms. The van der Waals surface area contributed by atoms with Crippen molar-refractivity contribution in [1.29, 1.82) is 0 Å². The molecule has 1 amide bonds. The lowest BCUT2D eigenvalue weighted by molar-refractivity contribution is -0.143. The molecule has 6 nitrogen and oxygen atoms in total. The van der Waals surface area contributed by atoms with E-state index in [0.717, 1.165) is 77.0 Å². The van der Waals surface area contributed by atoms with Gasteiger partial charge in [0.2, 0.25) is 5.91 Å². The van der Waals surface area contributed by atoms with Crippen molar-refractivity contribution in [1.82, 2.24) is 5.32 Å². The first-order chi connectivity index (χ1) is 33.0. The molecule has 0 saturated heterocycles. The highest BCUT2D eigenvalue weighted by Crippen LogP contribution is 2.17. The molecule has 0 spiro atoms. The number of nitrogens with one attached hydrogen (secondary N) is 1. The zero-order chi connectivity index (χ0) is 48.6. The van der Waals surface area contributed by atoms with Crippen LogP contribution in [0.25, 0.3) is 0 Å². The van der Waals surface area contributed by atoms with Crippen LogP contribution >= 0.6 is 0 Å². The van der Waals surface area contributed by atoms with Crippen molar-refractivity contribution in [3.8, 4) is 0 Å². The van der Waals surface area contributed by atoms with Gasteiger partial charge in [-0.1, -0.05) is 275 Å². The second kappa shape index (κ2) is 56.7. The minimum Gasteiger partial charge on any atom is -0.466 e. The number of ether oxygens (including phenoxy) is 1. The number of hydrogen-bond acceptors (Lipinski definition) is 5. The molecule has 2 unspecified atom stereocenters. The van der Waals surface area contributed by atoms with E-state index in [1.54, 1.807) is 6.08 Å². The molecule has 0 saturated carbocycles. The Morgan fingerprint density at radius 1 is 0.418 bits per heavy atom. The van der Waals surface area contributed by atoms with Crippen LogP contribution in [0.4, 0.5) is 0 Å². The van der Waals surface area contributed by atoms with E-state index < -0.39 is 12.1 Å². The van der Waals surface area contributed by atoms with Gasteiger partial charge in [-0.3, -0.25) is 9.59 Å². The molecular formula is C61H115NO5. The topological polar surface area (TPSA) is 95.9 Å². The predicted octanol–water partition coefficient (Wildman–Crippen LogP) is 18.4. The molecule has 394 valence electrons. The van der Waals surface area contributed by atoms with Gasteiger partial charge in [-0.05, 0) is 64.2 Å². The van der Waals surface area contributed by atoms with Crippen LogP contribution in [0.3, 0.4) is 0 Å². The molecule has 0 aromatic rings. The lowest BCUT2D eigenvalue weighted by Crippen LogP contribution is -2.45. The van der Waals surface area contributed by atoms with Gasteiger partial charge in [-0.15, -0.1) is 0 Å². The van der Waals surface area contributed by atoms with Crippen molar-refractivity contribution in [3.63, 3.8) is 0 Å². The van der Waals surface area contributed by atoms with E-state index in [-0.39, 0.29) is 18.5 Å². The van der Waals surface area contributed by atoms with E-state index in [1.165, 1.54) is 212 Å². The summed E-state index contributed by atoms with van der Waals surface area (Å²) in [6.45, 7) is 4.86. The van der Waals surface area contributed by atoms with Crippen LogP contribution in [0.15, 0.2) is 36.5 Å². The highest BCUT2D eigenvalue weighted by atomic mass is 16.5. The fourth-order valence-electron chi connectivity index (χ4n) is 9.10. The van der Waals surface area contributed by atoms with Gasteiger partial charge in [-0.25, -0.2) is 0 Å². The summed E-state index contributed by atoms with van der Waals surface area (Å²) in [5.74, 6) is -0.109. The number of esters is 1. The maximum Gasteiger partial charge on any atom is 0.305 e. The number of rotatable bonds is 55. The summed E-state index contributed by atoms with van der Waals surface area (Å²) in [6, 6.07) is -0.645. The molecule has 3 N–H and O–H groups in total. The Kier molecular flexibility index (Phi) is 55.0. The Labute approximate surface area is 417 Å². The number of hydrogen-bond donors (Lipinski definition) is 3. The van der Waals surface area contributed by atoms with Gasteiger partial charge in [0.05, 0.1) is 25.4 Å². The van der Waals surface area contributed by atoms with Crippen molar-refractivity contribution < 1.29 is 24.5 Å². The van der Waals surface area contributed by atoms with Crippen molar-refractivity contribution >= 4 is 11.9 Å². The molecular weight excluding hydrogens is 827 g/mol. The number of aliphatic hydroxyl groups excluding tert-OH is 2. The van der Waals surface area contributed by atoms with Crippen molar-refractivity contribution in [2.45, 2.75) is 328 Å². The van der Waals surface area contributed by atoms with E-state index >= 15 is 0 Å². The van der Waals surface area contributed by atoms with E-state index in [9.17, 15) is 19.8 Å². The summed E-state index contributed by atoms with van der Waals surface area (Å²) in [6.07, 6.45) is 70.3. The SMILES string of the molecule is CCCCCCCCCCCCCCCCCCCCC/C=C/C(O)C(CO)NC(=O)CCCCCCCC/C=C\C=C/CCCCCOC(=O)CCCCCCCCCCCCCCCC. The van der Waals surface area contributed by atoms with E-state index in [4.69, 9.17) is 4.74 Å². The molecule has 0 aliphatic rings. The maximum atomic E-state index is 12.5. The monoisotopic (exact) mass is 942 g/mol. The molecule has 0 aromatic heterocycles.